The lowest BCUT2D eigenvalue weighted by Crippen LogP contribution is -2.52. The van der Waals surface area contributed by atoms with Gasteiger partial charge in [-0.2, -0.15) is 0 Å². The summed E-state index contributed by atoms with van der Waals surface area (Å²) in [6.45, 7) is 5.59. The lowest BCUT2D eigenvalue weighted by Gasteiger charge is -2.39. The molecule has 5 heteroatoms. The second-order valence-corrected chi connectivity index (χ2v) is 8.76. The van der Waals surface area contributed by atoms with Crippen molar-refractivity contribution in [2.75, 3.05) is 42.5 Å². The summed E-state index contributed by atoms with van der Waals surface area (Å²) in [5, 5.41) is 0. The van der Waals surface area contributed by atoms with E-state index in [0.29, 0.717) is 12.6 Å². The molecule has 1 saturated heterocycles. The van der Waals surface area contributed by atoms with Crippen molar-refractivity contribution in [3.63, 3.8) is 0 Å². The molecule has 2 fully saturated rings. The Bertz CT molecular complexity index is 867. The normalized spacial score (nSPS) is 18.0. The van der Waals surface area contributed by atoms with Gasteiger partial charge in [0.05, 0.1) is 6.54 Å². The van der Waals surface area contributed by atoms with Gasteiger partial charge in [-0.1, -0.05) is 37.5 Å². The zero-order valence-corrected chi connectivity index (χ0v) is 18.5. The maximum Gasteiger partial charge on any atom is 0.241 e. The molecule has 1 aliphatic heterocycles. The van der Waals surface area contributed by atoms with Crippen LogP contribution in [-0.2, 0) is 4.79 Å². The Morgan fingerprint density at radius 1 is 0.871 bits per heavy atom. The highest BCUT2D eigenvalue weighted by molar-refractivity contribution is 5.95. The Morgan fingerprint density at radius 3 is 2.13 bits per heavy atom. The zero-order chi connectivity index (χ0) is 21.6. The number of benzene rings is 2. The molecule has 0 aromatic heterocycles. The number of amides is 1. The second-order valence-electron chi connectivity index (χ2n) is 8.76. The molecular formula is C26H33N3O2. The Hall–Kier alpha value is -2.66. The van der Waals surface area contributed by atoms with Crippen molar-refractivity contribution in [3.05, 3.63) is 60.2 Å². The number of nitrogens with zero attached hydrogens (tertiary/aromatic N) is 3. The van der Waals surface area contributed by atoms with E-state index in [-0.39, 0.29) is 11.7 Å². The molecule has 164 valence electrons. The Morgan fingerprint density at radius 2 is 1.52 bits per heavy atom. The molecule has 5 nitrogen and oxygen atoms in total. The summed E-state index contributed by atoms with van der Waals surface area (Å²) in [5.41, 5.74) is 2.92. The number of carbonyl (C=O) groups excluding carboxylic acids is 2. The lowest BCUT2D eigenvalue weighted by molar-refractivity contribution is -0.120. The number of Topliss-reactive ketones (excluding diaryl/α,β-unsaturated/α-hetero) is 1. The highest BCUT2D eigenvalue weighted by atomic mass is 16.2. The minimum absolute atomic E-state index is 0.0933. The molecule has 4 rings (SSSR count). The molecule has 1 aliphatic carbocycles. The van der Waals surface area contributed by atoms with Gasteiger partial charge in [-0.05, 0) is 56.2 Å². The lowest BCUT2D eigenvalue weighted by atomic mass is 9.93. The number of anilines is 2. The number of rotatable bonds is 6. The molecule has 0 unspecified atom stereocenters. The third-order valence-electron chi connectivity index (χ3n) is 6.61. The van der Waals surface area contributed by atoms with E-state index in [9.17, 15) is 9.59 Å². The minimum atomic E-state index is 0.0933. The van der Waals surface area contributed by atoms with E-state index >= 15 is 0 Å². The quantitative estimate of drug-likeness (QED) is 0.652. The number of para-hydroxylation sites is 1. The van der Waals surface area contributed by atoms with E-state index in [1.807, 2.05) is 42.5 Å². The molecule has 1 heterocycles. The topological polar surface area (TPSA) is 43.9 Å². The Balaban J connectivity index is 1.37. The Kier molecular flexibility index (Phi) is 7.03. The van der Waals surface area contributed by atoms with Crippen LogP contribution in [0, 0.1) is 0 Å². The highest BCUT2D eigenvalue weighted by Crippen LogP contribution is 2.28. The first-order chi connectivity index (χ1) is 15.1. The van der Waals surface area contributed by atoms with Crippen LogP contribution in [0.5, 0.6) is 0 Å². The zero-order valence-electron chi connectivity index (χ0n) is 18.5. The number of hydrogen-bond donors (Lipinski definition) is 0. The second kappa shape index (κ2) is 10.1. The molecular weight excluding hydrogens is 386 g/mol. The summed E-state index contributed by atoms with van der Waals surface area (Å²) in [7, 11) is 0. The summed E-state index contributed by atoms with van der Waals surface area (Å²) < 4.78 is 0. The predicted octanol–water partition coefficient (Wildman–Crippen LogP) is 4.38. The van der Waals surface area contributed by atoms with Crippen molar-refractivity contribution in [2.45, 2.75) is 45.1 Å². The number of hydrogen-bond acceptors (Lipinski definition) is 4. The molecule has 0 N–H and O–H groups in total. The average Bonchev–Trinajstić information content (AvgIpc) is 2.81. The van der Waals surface area contributed by atoms with Gasteiger partial charge >= 0.3 is 0 Å². The van der Waals surface area contributed by atoms with Crippen molar-refractivity contribution < 1.29 is 9.59 Å². The smallest absolute Gasteiger partial charge is 0.241 e. The number of piperazine rings is 1. The minimum Gasteiger partial charge on any atom is -0.369 e. The maximum absolute atomic E-state index is 13.4. The largest absolute Gasteiger partial charge is 0.369 e. The van der Waals surface area contributed by atoms with Gasteiger partial charge in [0.1, 0.15) is 0 Å². The van der Waals surface area contributed by atoms with Crippen molar-refractivity contribution in [3.8, 4) is 0 Å². The molecule has 2 aliphatic rings. The average molecular weight is 420 g/mol. The van der Waals surface area contributed by atoms with Gasteiger partial charge in [-0.15, -0.1) is 0 Å². The summed E-state index contributed by atoms with van der Waals surface area (Å²) in [5.74, 6) is 0.313. The van der Waals surface area contributed by atoms with E-state index in [0.717, 1.165) is 56.0 Å². The number of carbonyl (C=O) groups is 2. The third kappa shape index (κ3) is 5.34. The molecule has 0 bridgehead atoms. The molecule has 2 aromatic rings. The van der Waals surface area contributed by atoms with E-state index in [1.165, 1.54) is 19.3 Å². The van der Waals surface area contributed by atoms with Crippen LogP contribution in [0.1, 0.15) is 49.4 Å². The summed E-state index contributed by atoms with van der Waals surface area (Å²) in [6.07, 6.45) is 5.91. The fourth-order valence-electron chi connectivity index (χ4n) is 4.82. The predicted molar refractivity (Wildman–Crippen MR) is 126 cm³/mol. The van der Waals surface area contributed by atoms with Gasteiger partial charge < -0.3 is 9.80 Å². The van der Waals surface area contributed by atoms with Crippen molar-refractivity contribution >= 4 is 23.1 Å². The van der Waals surface area contributed by atoms with Crippen LogP contribution in [0.3, 0.4) is 0 Å². The summed E-state index contributed by atoms with van der Waals surface area (Å²) in [4.78, 5) is 31.6. The maximum atomic E-state index is 13.4. The standard InChI is InChI=1S/C26H33N3O2/c1-21(30)22-12-14-23(15-13-22)28-18-16-27(17-19-28)20-26(31)29(24-8-4-2-5-9-24)25-10-6-3-7-11-25/h2,4-5,8-9,12-15,25H,3,6-7,10-11,16-20H2,1H3. The fourth-order valence-corrected chi connectivity index (χ4v) is 4.82. The van der Waals surface area contributed by atoms with Gasteiger partial charge in [0, 0.05) is 49.2 Å². The van der Waals surface area contributed by atoms with E-state index in [1.54, 1.807) is 6.92 Å². The van der Waals surface area contributed by atoms with Crippen LogP contribution in [0.4, 0.5) is 11.4 Å². The van der Waals surface area contributed by atoms with Crippen molar-refractivity contribution in [2.24, 2.45) is 0 Å². The van der Waals surface area contributed by atoms with Crippen LogP contribution in [0.15, 0.2) is 54.6 Å². The van der Waals surface area contributed by atoms with Crippen molar-refractivity contribution in [1.29, 1.82) is 0 Å². The SMILES string of the molecule is CC(=O)c1ccc(N2CCN(CC(=O)N(c3ccccc3)C3CCCCC3)CC2)cc1. The first kappa shape index (κ1) is 21.6. The van der Waals surface area contributed by atoms with Crippen LogP contribution < -0.4 is 9.80 Å². The van der Waals surface area contributed by atoms with Gasteiger partial charge in [-0.3, -0.25) is 14.5 Å². The van der Waals surface area contributed by atoms with E-state index in [2.05, 4.69) is 26.8 Å². The van der Waals surface area contributed by atoms with Gasteiger partial charge in [-0.25, -0.2) is 0 Å². The monoisotopic (exact) mass is 419 g/mol. The van der Waals surface area contributed by atoms with Crippen LogP contribution in [0.25, 0.3) is 0 Å². The van der Waals surface area contributed by atoms with Gasteiger partial charge in [0.2, 0.25) is 5.91 Å². The fraction of sp³-hybridized carbons (Fsp3) is 0.462. The van der Waals surface area contributed by atoms with Gasteiger partial charge in [0.15, 0.2) is 5.78 Å². The van der Waals surface area contributed by atoms with E-state index in [4.69, 9.17) is 0 Å². The molecule has 31 heavy (non-hydrogen) atoms. The van der Waals surface area contributed by atoms with Crippen LogP contribution in [0.2, 0.25) is 0 Å². The molecule has 0 spiro atoms. The van der Waals surface area contributed by atoms with Crippen LogP contribution in [-0.4, -0.2) is 55.4 Å². The van der Waals surface area contributed by atoms with E-state index < -0.39 is 0 Å². The molecule has 2 aromatic carbocycles. The third-order valence-corrected chi connectivity index (χ3v) is 6.61. The summed E-state index contributed by atoms with van der Waals surface area (Å²) in [6, 6.07) is 18.4. The first-order valence-corrected chi connectivity index (χ1v) is 11.6. The molecule has 0 radical (unpaired) electrons. The van der Waals surface area contributed by atoms with Gasteiger partial charge in [0.25, 0.3) is 0 Å². The molecule has 1 saturated carbocycles. The molecule has 1 amide bonds. The summed E-state index contributed by atoms with van der Waals surface area (Å²) >= 11 is 0. The highest BCUT2D eigenvalue weighted by Gasteiger charge is 2.29. The molecule has 0 atom stereocenters. The first-order valence-electron chi connectivity index (χ1n) is 11.6. The Labute approximate surface area is 185 Å². The van der Waals surface area contributed by atoms with Crippen molar-refractivity contribution in [1.82, 2.24) is 4.90 Å². The van der Waals surface area contributed by atoms with Crippen LogP contribution >= 0.6 is 0 Å². The number of ketones is 1.